The smallest absolute Gasteiger partial charge is 0.0814 e. The van der Waals surface area contributed by atoms with Gasteiger partial charge >= 0.3 is 0 Å². The number of rotatable bonds is 7. The molecule has 1 aliphatic carbocycles. The Morgan fingerprint density at radius 1 is 1.05 bits per heavy atom. The van der Waals surface area contributed by atoms with E-state index in [9.17, 15) is 0 Å². The number of thiophene rings is 1. The van der Waals surface area contributed by atoms with Gasteiger partial charge in [0.2, 0.25) is 0 Å². The summed E-state index contributed by atoms with van der Waals surface area (Å²) in [5.41, 5.74) is 1.15. The zero-order chi connectivity index (χ0) is 13.8. The fourth-order valence-electron chi connectivity index (χ4n) is 1.98. The summed E-state index contributed by atoms with van der Waals surface area (Å²) in [6.07, 6.45) is 2.67. The van der Waals surface area contributed by atoms with Gasteiger partial charge in [-0.2, -0.15) is 0 Å². The maximum atomic E-state index is 5.86. The van der Waals surface area contributed by atoms with E-state index in [-0.39, 0.29) is 0 Å². The Bertz CT molecular complexity index is 548. The first-order valence-corrected chi connectivity index (χ1v) is 8.12. The van der Waals surface area contributed by atoms with Gasteiger partial charge in [0, 0.05) is 27.4 Å². The van der Waals surface area contributed by atoms with Crippen molar-refractivity contribution in [1.82, 2.24) is 5.32 Å². The van der Waals surface area contributed by atoms with E-state index >= 15 is 0 Å². The summed E-state index contributed by atoms with van der Waals surface area (Å²) in [6.45, 7) is 2.30. The van der Waals surface area contributed by atoms with Gasteiger partial charge in [-0.15, -0.1) is 11.3 Å². The van der Waals surface area contributed by atoms with Crippen LogP contribution in [-0.4, -0.2) is 6.04 Å². The van der Waals surface area contributed by atoms with Crippen LogP contribution in [0, 0.1) is 0 Å². The summed E-state index contributed by atoms with van der Waals surface area (Å²) in [7, 11) is 0. The first-order valence-electron chi connectivity index (χ1n) is 6.93. The predicted octanol–water partition coefficient (Wildman–Crippen LogP) is 4.37. The molecule has 2 nitrogen and oxygen atoms in total. The van der Waals surface area contributed by atoms with Crippen molar-refractivity contribution in [1.29, 1.82) is 0 Å². The zero-order valence-electron chi connectivity index (χ0n) is 11.3. The number of halogens is 1. The average Bonchev–Trinajstić information content (AvgIpc) is 3.18. The molecule has 0 bridgehead atoms. The minimum absolute atomic E-state index is 0.630. The van der Waals surface area contributed by atoms with Gasteiger partial charge in [-0.25, -0.2) is 0 Å². The Kier molecular flexibility index (Phi) is 4.73. The van der Waals surface area contributed by atoms with E-state index in [1.165, 1.54) is 22.6 Å². The van der Waals surface area contributed by atoms with Crippen molar-refractivity contribution in [2.24, 2.45) is 0 Å². The minimum atomic E-state index is 0.630. The van der Waals surface area contributed by atoms with Gasteiger partial charge in [-0.3, -0.25) is 0 Å². The third-order valence-corrected chi connectivity index (χ3v) is 4.60. The molecular weight excluding hydrogens is 290 g/mol. The molecule has 1 saturated carbocycles. The van der Waals surface area contributed by atoms with E-state index in [4.69, 9.17) is 16.3 Å². The molecule has 0 spiro atoms. The number of ether oxygens (including phenoxy) is 1. The summed E-state index contributed by atoms with van der Waals surface area (Å²) >= 11 is 7.69. The topological polar surface area (TPSA) is 21.3 Å². The SMILES string of the molecule is Clc1ccc(COCc2ccc(CNC3CC3)s2)cc1. The van der Waals surface area contributed by atoms with Crippen molar-refractivity contribution >= 4 is 22.9 Å². The molecule has 0 amide bonds. The summed E-state index contributed by atoms with van der Waals surface area (Å²) in [6, 6.07) is 12.9. The molecule has 0 saturated heterocycles. The third kappa shape index (κ3) is 4.32. The zero-order valence-corrected chi connectivity index (χ0v) is 12.8. The van der Waals surface area contributed by atoms with Crippen molar-refractivity contribution in [3.8, 4) is 0 Å². The lowest BCUT2D eigenvalue weighted by Crippen LogP contribution is -2.14. The molecule has 1 aromatic heterocycles. The first-order chi connectivity index (χ1) is 9.79. The quantitative estimate of drug-likeness (QED) is 0.820. The van der Waals surface area contributed by atoms with Gasteiger partial charge in [0.05, 0.1) is 13.2 Å². The van der Waals surface area contributed by atoms with Gasteiger partial charge < -0.3 is 10.1 Å². The van der Waals surface area contributed by atoms with Crippen molar-refractivity contribution in [3.05, 3.63) is 56.7 Å². The molecule has 106 valence electrons. The molecule has 20 heavy (non-hydrogen) atoms. The minimum Gasteiger partial charge on any atom is -0.371 e. The second kappa shape index (κ2) is 6.72. The monoisotopic (exact) mass is 307 g/mol. The summed E-state index contributed by atoms with van der Waals surface area (Å²) < 4.78 is 5.74. The molecule has 4 heteroatoms. The van der Waals surface area contributed by atoms with E-state index < -0.39 is 0 Å². The maximum absolute atomic E-state index is 5.86. The Labute approximate surface area is 128 Å². The lowest BCUT2D eigenvalue weighted by Gasteiger charge is -2.03. The van der Waals surface area contributed by atoms with Gasteiger partial charge in [0.25, 0.3) is 0 Å². The molecule has 0 radical (unpaired) electrons. The van der Waals surface area contributed by atoms with Crippen molar-refractivity contribution < 1.29 is 4.74 Å². The predicted molar refractivity (Wildman–Crippen MR) is 84.1 cm³/mol. The highest BCUT2D eigenvalue weighted by Gasteiger charge is 2.20. The molecule has 3 rings (SSSR count). The Morgan fingerprint density at radius 3 is 2.55 bits per heavy atom. The molecule has 0 unspecified atom stereocenters. The second-order valence-corrected chi connectivity index (χ2v) is 6.83. The molecule has 2 aromatic rings. The summed E-state index contributed by atoms with van der Waals surface area (Å²) in [5, 5.41) is 4.29. The van der Waals surface area contributed by atoms with E-state index in [0.29, 0.717) is 13.2 Å². The highest BCUT2D eigenvalue weighted by Crippen LogP contribution is 2.22. The molecule has 0 atom stereocenters. The van der Waals surface area contributed by atoms with Crippen LogP contribution >= 0.6 is 22.9 Å². The van der Waals surface area contributed by atoms with Crippen molar-refractivity contribution in [3.63, 3.8) is 0 Å². The van der Waals surface area contributed by atoms with Gasteiger partial charge in [-0.1, -0.05) is 23.7 Å². The Balaban J connectivity index is 1.42. The summed E-state index contributed by atoms with van der Waals surface area (Å²) in [5.74, 6) is 0. The lowest BCUT2D eigenvalue weighted by atomic mass is 10.2. The molecular formula is C16H18ClNOS. The largest absolute Gasteiger partial charge is 0.371 e. The van der Waals surface area contributed by atoms with Gasteiger partial charge in [0.15, 0.2) is 0 Å². The lowest BCUT2D eigenvalue weighted by molar-refractivity contribution is 0.109. The number of hydrogen-bond acceptors (Lipinski definition) is 3. The number of benzene rings is 1. The molecule has 1 aliphatic rings. The highest BCUT2D eigenvalue weighted by molar-refractivity contribution is 7.11. The summed E-state index contributed by atoms with van der Waals surface area (Å²) in [4.78, 5) is 2.67. The molecule has 1 heterocycles. The van der Waals surface area contributed by atoms with E-state index in [0.717, 1.165) is 23.2 Å². The Morgan fingerprint density at radius 2 is 1.80 bits per heavy atom. The van der Waals surface area contributed by atoms with Crippen LogP contribution in [0.3, 0.4) is 0 Å². The van der Waals surface area contributed by atoms with E-state index in [1.807, 2.05) is 35.6 Å². The normalized spacial score (nSPS) is 14.7. The van der Waals surface area contributed by atoms with Crippen molar-refractivity contribution in [2.75, 3.05) is 0 Å². The van der Waals surface area contributed by atoms with Crippen LogP contribution in [0.1, 0.15) is 28.2 Å². The van der Waals surface area contributed by atoms with E-state index in [2.05, 4.69) is 17.4 Å². The fraction of sp³-hybridized carbons (Fsp3) is 0.375. The number of hydrogen-bond donors (Lipinski definition) is 1. The third-order valence-electron chi connectivity index (χ3n) is 3.29. The van der Waals surface area contributed by atoms with Gasteiger partial charge in [0.1, 0.15) is 0 Å². The van der Waals surface area contributed by atoms with Crippen LogP contribution in [0.4, 0.5) is 0 Å². The average molecular weight is 308 g/mol. The van der Waals surface area contributed by atoms with Crippen LogP contribution < -0.4 is 5.32 Å². The molecule has 1 N–H and O–H groups in total. The Hall–Kier alpha value is -0.870. The highest BCUT2D eigenvalue weighted by atomic mass is 35.5. The second-order valence-electron chi connectivity index (χ2n) is 5.14. The van der Waals surface area contributed by atoms with Crippen molar-refractivity contribution in [2.45, 2.75) is 38.6 Å². The molecule has 1 fully saturated rings. The molecule has 1 aromatic carbocycles. The molecule has 0 aliphatic heterocycles. The van der Waals surface area contributed by atoms with Crippen LogP contribution in [0.5, 0.6) is 0 Å². The maximum Gasteiger partial charge on any atom is 0.0814 e. The van der Waals surface area contributed by atoms with Crippen LogP contribution in [0.25, 0.3) is 0 Å². The fourth-order valence-corrected chi connectivity index (χ4v) is 3.01. The first kappa shape index (κ1) is 14.1. The van der Waals surface area contributed by atoms with Crippen LogP contribution in [0.2, 0.25) is 5.02 Å². The van der Waals surface area contributed by atoms with Gasteiger partial charge in [-0.05, 0) is 42.7 Å². The standard InChI is InChI=1S/C16H18ClNOS/c17-13-3-1-12(2-4-13)10-19-11-16-8-7-15(20-16)9-18-14-5-6-14/h1-4,7-8,14,18H,5-6,9-11H2. The van der Waals surface area contributed by atoms with E-state index in [1.54, 1.807) is 0 Å². The van der Waals surface area contributed by atoms with Crippen LogP contribution in [-0.2, 0) is 24.5 Å². The van der Waals surface area contributed by atoms with Crippen LogP contribution in [0.15, 0.2) is 36.4 Å². The number of nitrogens with one attached hydrogen (secondary N) is 1.